The van der Waals surface area contributed by atoms with Crippen LogP contribution in [0.1, 0.15) is 13.8 Å². The van der Waals surface area contributed by atoms with Gasteiger partial charge in [-0.05, 0) is 12.5 Å². The number of rotatable bonds is 1. The van der Waals surface area contributed by atoms with Gasteiger partial charge in [0.15, 0.2) is 0 Å². The molecule has 0 aromatic heterocycles. The SMILES string of the molecule is CC1CNCC1(C)CO. The Morgan fingerprint density at radius 3 is 2.67 bits per heavy atom. The van der Waals surface area contributed by atoms with Crippen LogP contribution in [0.5, 0.6) is 0 Å². The first-order chi connectivity index (χ1) is 4.19. The third-order valence-corrected chi connectivity index (χ3v) is 2.53. The lowest BCUT2D eigenvalue weighted by molar-refractivity contribution is 0.124. The normalized spacial score (nSPS) is 43.7. The Labute approximate surface area is 56.3 Å². The zero-order chi connectivity index (χ0) is 6.91. The standard InChI is InChI=1S/C7H15NO/c1-6-3-8-4-7(6,2)5-9/h6,8-9H,3-5H2,1-2H3. The van der Waals surface area contributed by atoms with Gasteiger partial charge in [-0.2, -0.15) is 0 Å². The summed E-state index contributed by atoms with van der Waals surface area (Å²) in [5.41, 5.74) is 0.139. The maximum absolute atomic E-state index is 8.96. The summed E-state index contributed by atoms with van der Waals surface area (Å²) >= 11 is 0. The third-order valence-electron chi connectivity index (χ3n) is 2.53. The third kappa shape index (κ3) is 1.10. The molecule has 0 radical (unpaired) electrons. The van der Waals surface area contributed by atoms with Gasteiger partial charge in [-0.3, -0.25) is 0 Å². The Balaban J connectivity index is 2.56. The van der Waals surface area contributed by atoms with Crippen molar-refractivity contribution in [1.82, 2.24) is 5.32 Å². The van der Waals surface area contributed by atoms with Gasteiger partial charge in [-0.25, -0.2) is 0 Å². The first kappa shape index (κ1) is 7.03. The van der Waals surface area contributed by atoms with E-state index < -0.39 is 0 Å². The minimum absolute atomic E-state index is 0.139. The molecular weight excluding hydrogens is 114 g/mol. The molecule has 2 atom stereocenters. The van der Waals surface area contributed by atoms with Crippen molar-refractivity contribution in [3.63, 3.8) is 0 Å². The van der Waals surface area contributed by atoms with Crippen molar-refractivity contribution >= 4 is 0 Å². The minimum atomic E-state index is 0.139. The summed E-state index contributed by atoms with van der Waals surface area (Å²) in [5.74, 6) is 0.613. The number of hydrogen-bond donors (Lipinski definition) is 2. The predicted octanol–water partition coefficient (Wildman–Crippen LogP) is 0.224. The molecule has 1 saturated heterocycles. The summed E-state index contributed by atoms with van der Waals surface area (Å²) in [6.07, 6.45) is 0. The van der Waals surface area contributed by atoms with E-state index in [9.17, 15) is 0 Å². The molecule has 2 heteroatoms. The Bertz CT molecular complexity index is 105. The lowest BCUT2D eigenvalue weighted by Gasteiger charge is -2.24. The van der Waals surface area contributed by atoms with Crippen LogP contribution >= 0.6 is 0 Å². The van der Waals surface area contributed by atoms with Gasteiger partial charge < -0.3 is 10.4 Å². The summed E-state index contributed by atoms with van der Waals surface area (Å²) in [6.45, 7) is 6.62. The second-order valence-electron chi connectivity index (χ2n) is 3.34. The highest BCUT2D eigenvalue weighted by Crippen LogP contribution is 2.29. The minimum Gasteiger partial charge on any atom is -0.396 e. The Morgan fingerprint density at radius 1 is 1.78 bits per heavy atom. The van der Waals surface area contributed by atoms with Crippen LogP contribution < -0.4 is 5.32 Å². The maximum atomic E-state index is 8.96. The van der Waals surface area contributed by atoms with E-state index in [0.29, 0.717) is 12.5 Å². The molecule has 1 aliphatic rings. The summed E-state index contributed by atoms with van der Waals surface area (Å²) < 4.78 is 0. The molecule has 0 saturated carbocycles. The summed E-state index contributed by atoms with van der Waals surface area (Å²) in [4.78, 5) is 0. The van der Waals surface area contributed by atoms with E-state index in [0.717, 1.165) is 13.1 Å². The quantitative estimate of drug-likeness (QED) is 0.531. The molecule has 1 heterocycles. The fourth-order valence-corrected chi connectivity index (χ4v) is 1.21. The zero-order valence-corrected chi connectivity index (χ0v) is 6.15. The summed E-state index contributed by atoms with van der Waals surface area (Å²) in [7, 11) is 0. The molecule has 9 heavy (non-hydrogen) atoms. The van der Waals surface area contributed by atoms with Crippen LogP contribution in [0.15, 0.2) is 0 Å². The van der Waals surface area contributed by atoms with Crippen LogP contribution in [0.4, 0.5) is 0 Å². The molecule has 0 bridgehead atoms. The molecule has 2 unspecified atom stereocenters. The topological polar surface area (TPSA) is 32.3 Å². The van der Waals surface area contributed by atoms with E-state index in [1.54, 1.807) is 0 Å². The molecule has 0 aromatic carbocycles. The molecule has 0 spiro atoms. The first-order valence-electron chi connectivity index (χ1n) is 3.50. The van der Waals surface area contributed by atoms with Gasteiger partial charge in [0, 0.05) is 18.6 Å². The number of aliphatic hydroxyl groups excluding tert-OH is 1. The molecular formula is C7H15NO. The van der Waals surface area contributed by atoms with Crippen molar-refractivity contribution in [2.24, 2.45) is 11.3 Å². The fraction of sp³-hybridized carbons (Fsp3) is 1.00. The van der Waals surface area contributed by atoms with Gasteiger partial charge in [0.1, 0.15) is 0 Å². The van der Waals surface area contributed by atoms with Crippen molar-refractivity contribution in [2.45, 2.75) is 13.8 Å². The van der Waals surface area contributed by atoms with E-state index in [-0.39, 0.29) is 5.41 Å². The monoisotopic (exact) mass is 129 g/mol. The van der Waals surface area contributed by atoms with Gasteiger partial charge in [-0.15, -0.1) is 0 Å². The molecule has 1 fully saturated rings. The van der Waals surface area contributed by atoms with Crippen molar-refractivity contribution in [3.8, 4) is 0 Å². The Morgan fingerprint density at radius 2 is 2.44 bits per heavy atom. The van der Waals surface area contributed by atoms with Crippen LogP contribution in [0.25, 0.3) is 0 Å². The lowest BCUT2D eigenvalue weighted by atomic mass is 9.82. The van der Waals surface area contributed by atoms with Crippen LogP contribution in [-0.2, 0) is 0 Å². The highest BCUT2D eigenvalue weighted by molar-refractivity contribution is 4.88. The molecule has 0 aromatic rings. The highest BCUT2D eigenvalue weighted by Gasteiger charge is 2.34. The first-order valence-corrected chi connectivity index (χ1v) is 3.50. The fourth-order valence-electron chi connectivity index (χ4n) is 1.21. The molecule has 2 nitrogen and oxygen atoms in total. The molecule has 1 rings (SSSR count). The van der Waals surface area contributed by atoms with Crippen molar-refractivity contribution in [2.75, 3.05) is 19.7 Å². The van der Waals surface area contributed by atoms with Crippen molar-refractivity contribution in [1.29, 1.82) is 0 Å². The Hall–Kier alpha value is -0.0800. The van der Waals surface area contributed by atoms with Gasteiger partial charge in [-0.1, -0.05) is 13.8 Å². The van der Waals surface area contributed by atoms with Gasteiger partial charge in [0.2, 0.25) is 0 Å². The molecule has 2 N–H and O–H groups in total. The zero-order valence-electron chi connectivity index (χ0n) is 6.15. The molecule has 54 valence electrons. The maximum Gasteiger partial charge on any atom is 0.0499 e. The highest BCUT2D eigenvalue weighted by atomic mass is 16.3. The average Bonchev–Trinajstić information content (AvgIpc) is 2.15. The second-order valence-corrected chi connectivity index (χ2v) is 3.34. The second kappa shape index (κ2) is 2.27. The van der Waals surface area contributed by atoms with Crippen molar-refractivity contribution in [3.05, 3.63) is 0 Å². The largest absolute Gasteiger partial charge is 0.396 e. The van der Waals surface area contributed by atoms with E-state index in [1.165, 1.54) is 0 Å². The predicted molar refractivity (Wildman–Crippen MR) is 37.2 cm³/mol. The smallest absolute Gasteiger partial charge is 0.0499 e. The number of aliphatic hydroxyl groups is 1. The number of hydrogen-bond acceptors (Lipinski definition) is 2. The van der Waals surface area contributed by atoms with Crippen molar-refractivity contribution < 1.29 is 5.11 Å². The summed E-state index contributed by atoms with van der Waals surface area (Å²) in [6, 6.07) is 0. The Kier molecular flexibility index (Phi) is 1.78. The summed E-state index contributed by atoms with van der Waals surface area (Å²) in [5, 5.41) is 12.2. The van der Waals surface area contributed by atoms with E-state index in [4.69, 9.17) is 5.11 Å². The lowest BCUT2D eigenvalue weighted by Crippen LogP contribution is -2.28. The van der Waals surface area contributed by atoms with Crippen LogP contribution in [0.3, 0.4) is 0 Å². The van der Waals surface area contributed by atoms with E-state index >= 15 is 0 Å². The average molecular weight is 129 g/mol. The molecule has 0 amide bonds. The van der Waals surface area contributed by atoms with E-state index in [2.05, 4.69) is 19.2 Å². The van der Waals surface area contributed by atoms with Gasteiger partial charge in [0.05, 0.1) is 0 Å². The number of nitrogens with one attached hydrogen (secondary N) is 1. The van der Waals surface area contributed by atoms with Crippen LogP contribution in [0, 0.1) is 11.3 Å². The van der Waals surface area contributed by atoms with Crippen LogP contribution in [-0.4, -0.2) is 24.8 Å². The van der Waals surface area contributed by atoms with Crippen LogP contribution in [0.2, 0.25) is 0 Å². The molecule has 0 aliphatic carbocycles. The molecule has 1 aliphatic heterocycles. The van der Waals surface area contributed by atoms with E-state index in [1.807, 2.05) is 0 Å². The van der Waals surface area contributed by atoms with Gasteiger partial charge in [0.25, 0.3) is 0 Å². The van der Waals surface area contributed by atoms with Gasteiger partial charge >= 0.3 is 0 Å².